The van der Waals surface area contributed by atoms with E-state index in [9.17, 15) is 19.8 Å². The zero-order valence-electron chi connectivity index (χ0n) is 19.3. The largest absolute Gasteiger partial charge is 0.507 e. The highest BCUT2D eigenvalue weighted by molar-refractivity contribution is 6.31. The van der Waals surface area contributed by atoms with Crippen molar-refractivity contribution < 1.29 is 24.5 Å². The maximum atomic E-state index is 13.8. The molecule has 0 aromatic heterocycles. The number of nitrogens with one attached hydrogen (secondary N) is 2. The van der Waals surface area contributed by atoms with E-state index in [1.54, 1.807) is 37.4 Å². The summed E-state index contributed by atoms with van der Waals surface area (Å²) in [6, 6.07) is 5.75. The Hall–Kier alpha value is -4.04. The SMILES string of the molecule is CNc1ccc2c(c1)C(=O)c1c(O)cc3c(c1C2=O)N[C@H]1C#C/C=C\C#C[C@@H](O)[C@@]32O[C@@]12C(C)C. The second-order valence-corrected chi connectivity index (χ2v) is 9.41. The van der Waals surface area contributed by atoms with Gasteiger partial charge >= 0.3 is 0 Å². The number of phenolic OH excluding ortho intramolecular Hbond substituents is 1. The van der Waals surface area contributed by atoms with Gasteiger partial charge in [-0.15, -0.1) is 0 Å². The molecule has 0 saturated carbocycles. The minimum atomic E-state index is -1.33. The Labute approximate surface area is 202 Å². The minimum absolute atomic E-state index is 0.0569. The van der Waals surface area contributed by atoms with E-state index in [0.717, 1.165) is 0 Å². The third kappa shape index (κ3) is 2.49. The predicted molar refractivity (Wildman–Crippen MR) is 129 cm³/mol. The first-order valence-electron chi connectivity index (χ1n) is 11.4. The summed E-state index contributed by atoms with van der Waals surface area (Å²) in [4.78, 5) is 27.3. The molecule has 1 saturated heterocycles. The van der Waals surface area contributed by atoms with Crippen LogP contribution < -0.4 is 10.6 Å². The molecule has 2 aromatic rings. The molecule has 0 spiro atoms. The average molecular weight is 466 g/mol. The van der Waals surface area contributed by atoms with Gasteiger partial charge in [0.15, 0.2) is 23.3 Å². The molecule has 0 radical (unpaired) electrons. The number of benzene rings is 2. The summed E-state index contributed by atoms with van der Waals surface area (Å²) in [5, 5.41) is 28.7. The van der Waals surface area contributed by atoms with Gasteiger partial charge in [0, 0.05) is 29.4 Å². The lowest BCUT2D eigenvalue weighted by atomic mass is 9.67. The maximum absolute atomic E-state index is 13.8. The molecule has 4 atom stereocenters. The van der Waals surface area contributed by atoms with Crippen LogP contribution in [0.5, 0.6) is 5.75 Å². The molecule has 2 aromatic carbocycles. The minimum Gasteiger partial charge on any atom is -0.507 e. The molecule has 174 valence electrons. The summed E-state index contributed by atoms with van der Waals surface area (Å²) < 4.78 is 6.40. The lowest BCUT2D eigenvalue weighted by molar-refractivity contribution is 0.0975. The average Bonchev–Trinajstić information content (AvgIpc) is 3.57. The van der Waals surface area contributed by atoms with Gasteiger partial charge in [-0.05, 0) is 42.3 Å². The van der Waals surface area contributed by atoms with Gasteiger partial charge in [0.2, 0.25) is 0 Å². The van der Waals surface area contributed by atoms with Crippen LogP contribution in [-0.4, -0.2) is 46.6 Å². The van der Waals surface area contributed by atoms with Crippen LogP contribution in [0.2, 0.25) is 0 Å². The number of ketones is 2. The Morgan fingerprint density at radius 1 is 1.06 bits per heavy atom. The van der Waals surface area contributed by atoms with Crippen molar-refractivity contribution >= 4 is 22.9 Å². The standard InChI is InChI=1S/C28H22N2O5/c1-14(2)27-20-8-6-4-5-7-9-21(32)28(27,35-27)18-13-19(31)22-23(24(18)30-20)25(33)16-11-10-15(29-3)12-17(16)26(22)34/h4-5,10-14,20-21,29-32H,1-3H3/b5-4-/t20-,21+,27-,28-/m0/s1. The first kappa shape index (κ1) is 21.5. The zero-order chi connectivity index (χ0) is 24.7. The van der Waals surface area contributed by atoms with Crippen molar-refractivity contribution in [2.24, 2.45) is 5.92 Å². The van der Waals surface area contributed by atoms with E-state index in [-0.39, 0.29) is 33.9 Å². The zero-order valence-corrected chi connectivity index (χ0v) is 19.3. The summed E-state index contributed by atoms with van der Waals surface area (Å²) >= 11 is 0. The van der Waals surface area contributed by atoms with E-state index < -0.39 is 34.9 Å². The molecule has 7 heteroatoms. The molecule has 6 rings (SSSR count). The number of carbonyl (C=O) groups is 2. The highest BCUT2D eigenvalue weighted by Gasteiger charge is 2.81. The second kappa shape index (κ2) is 6.99. The number of hydrogen-bond donors (Lipinski definition) is 4. The van der Waals surface area contributed by atoms with E-state index in [1.165, 1.54) is 6.07 Å². The number of aliphatic hydroxyl groups excluding tert-OH is 1. The number of rotatable bonds is 2. The number of anilines is 2. The molecule has 4 aliphatic rings. The van der Waals surface area contributed by atoms with Crippen LogP contribution in [0.15, 0.2) is 36.4 Å². The van der Waals surface area contributed by atoms with Crippen LogP contribution in [0.4, 0.5) is 11.4 Å². The van der Waals surface area contributed by atoms with E-state index in [4.69, 9.17) is 4.74 Å². The third-order valence-corrected chi connectivity index (χ3v) is 7.48. The van der Waals surface area contributed by atoms with E-state index in [2.05, 4.69) is 34.3 Å². The molecule has 7 nitrogen and oxygen atoms in total. The first-order valence-corrected chi connectivity index (χ1v) is 11.4. The molecule has 4 N–H and O–H groups in total. The van der Waals surface area contributed by atoms with E-state index >= 15 is 0 Å². The number of phenols is 1. The topological polar surface area (TPSA) is 111 Å². The molecule has 0 unspecified atom stereocenters. The lowest BCUT2D eigenvalue weighted by Crippen LogP contribution is -2.52. The fourth-order valence-corrected chi connectivity index (χ4v) is 5.84. The number of aliphatic hydroxyl groups is 1. The van der Waals surface area contributed by atoms with Crippen molar-refractivity contribution in [3.8, 4) is 29.4 Å². The number of fused-ring (bicyclic) bond motifs is 4. The number of epoxide rings is 1. The van der Waals surface area contributed by atoms with Crippen molar-refractivity contribution in [2.45, 2.75) is 37.2 Å². The molecular formula is C28H22N2O5. The summed E-state index contributed by atoms with van der Waals surface area (Å²) in [5.74, 6) is 10.4. The molecule has 0 amide bonds. The van der Waals surface area contributed by atoms with Crippen molar-refractivity contribution in [1.29, 1.82) is 0 Å². The van der Waals surface area contributed by atoms with Gasteiger partial charge in [-0.2, -0.15) is 0 Å². The summed E-state index contributed by atoms with van der Waals surface area (Å²) in [7, 11) is 1.72. The normalized spacial score (nSPS) is 29.6. The highest BCUT2D eigenvalue weighted by atomic mass is 16.6. The fourth-order valence-electron chi connectivity index (χ4n) is 5.84. The van der Waals surface area contributed by atoms with Gasteiger partial charge in [0.1, 0.15) is 17.4 Å². The number of carbonyl (C=O) groups excluding carboxylic acids is 2. The van der Waals surface area contributed by atoms with E-state index in [0.29, 0.717) is 16.9 Å². The molecule has 2 aliphatic heterocycles. The van der Waals surface area contributed by atoms with Crippen LogP contribution in [-0.2, 0) is 10.3 Å². The highest BCUT2D eigenvalue weighted by Crippen LogP contribution is 2.68. The van der Waals surface area contributed by atoms with Gasteiger partial charge in [-0.3, -0.25) is 9.59 Å². The van der Waals surface area contributed by atoms with Crippen molar-refractivity contribution in [1.82, 2.24) is 0 Å². The van der Waals surface area contributed by atoms with Crippen LogP contribution in [0.25, 0.3) is 0 Å². The Bertz CT molecular complexity index is 1520. The maximum Gasteiger partial charge on any atom is 0.198 e. The predicted octanol–water partition coefficient (Wildman–Crippen LogP) is 2.56. The van der Waals surface area contributed by atoms with Crippen LogP contribution in [0, 0.1) is 29.6 Å². The van der Waals surface area contributed by atoms with Crippen LogP contribution in [0.1, 0.15) is 51.3 Å². The summed E-state index contributed by atoms with van der Waals surface area (Å²) in [6.07, 6.45) is 1.89. The molecule has 2 aliphatic carbocycles. The first-order chi connectivity index (χ1) is 16.8. The van der Waals surface area contributed by atoms with Gasteiger partial charge in [0.05, 0.1) is 16.8 Å². The number of ether oxygens (including phenoxy) is 1. The quantitative estimate of drug-likeness (QED) is 0.261. The Morgan fingerprint density at radius 2 is 1.77 bits per heavy atom. The van der Waals surface area contributed by atoms with Gasteiger partial charge < -0.3 is 25.6 Å². The smallest absolute Gasteiger partial charge is 0.198 e. The summed E-state index contributed by atoms with van der Waals surface area (Å²) in [6.45, 7) is 3.93. The number of allylic oxidation sites excluding steroid dienone is 2. The molecule has 2 heterocycles. The van der Waals surface area contributed by atoms with Gasteiger partial charge in [-0.25, -0.2) is 0 Å². The van der Waals surface area contributed by atoms with Gasteiger partial charge in [-0.1, -0.05) is 37.5 Å². The van der Waals surface area contributed by atoms with Crippen LogP contribution >= 0.6 is 0 Å². The van der Waals surface area contributed by atoms with Crippen molar-refractivity contribution in [3.05, 3.63) is 64.2 Å². The number of hydrogen-bond acceptors (Lipinski definition) is 7. The fraction of sp³-hybridized carbons (Fsp3) is 0.286. The second-order valence-electron chi connectivity index (χ2n) is 9.41. The monoisotopic (exact) mass is 466 g/mol. The van der Waals surface area contributed by atoms with E-state index in [1.807, 2.05) is 13.8 Å². The molecule has 35 heavy (non-hydrogen) atoms. The van der Waals surface area contributed by atoms with Crippen molar-refractivity contribution in [2.75, 3.05) is 17.7 Å². The third-order valence-electron chi connectivity index (χ3n) is 7.48. The van der Waals surface area contributed by atoms with Gasteiger partial charge in [0.25, 0.3) is 0 Å². The van der Waals surface area contributed by atoms with Crippen LogP contribution in [0.3, 0.4) is 0 Å². The molecule has 2 bridgehead atoms. The lowest BCUT2D eigenvalue weighted by Gasteiger charge is -2.38. The molecule has 1 fully saturated rings. The Balaban J connectivity index is 1.66. The summed E-state index contributed by atoms with van der Waals surface area (Å²) in [5.41, 5.74) is -0.433. The Kier molecular flexibility index (Phi) is 4.29. The number of aromatic hydroxyl groups is 1. The van der Waals surface area contributed by atoms with Crippen molar-refractivity contribution in [3.63, 3.8) is 0 Å². The Morgan fingerprint density at radius 3 is 2.49 bits per heavy atom. The molecular weight excluding hydrogens is 444 g/mol.